The fourth-order valence-corrected chi connectivity index (χ4v) is 2.71. The minimum Gasteiger partial charge on any atom is -0.492 e. The van der Waals surface area contributed by atoms with Crippen molar-refractivity contribution in [2.24, 2.45) is 0 Å². The van der Waals surface area contributed by atoms with E-state index in [4.69, 9.17) is 9.84 Å². The fourth-order valence-electron chi connectivity index (χ4n) is 2.22. The zero-order valence-electron chi connectivity index (χ0n) is 15.5. The van der Waals surface area contributed by atoms with Crippen molar-refractivity contribution in [3.05, 3.63) is 28.2 Å². The van der Waals surface area contributed by atoms with Crippen LogP contribution in [0, 0.1) is 0 Å². The molecular weight excluding hydrogens is 384 g/mol. The molecule has 0 bridgehead atoms. The van der Waals surface area contributed by atoms with E-state index in [9.17, 15) is 4.79 Å². The first kappa shape index (κ1) is 21.8. The number of unbranched alkanes of at least 4 members (excludes halogenated alkanes) is 2. The first-order valence-corrected chi connectivity index (χ1v) is 9.69. The third-order valence-electron chi connectivity index (χ3n) is 3.78. The molecule has 0 atom stereocenters. The quantitative estimate of drug-likeness (QED) is 0.507. The highest BCUT2D eigenvalue weighted by atomic mass is 79.9. The van der Waals surface area contributed by atoms with E-state index in [-0.39, 0.29) is 18.1 Å². The van der Waals surface area contributed by atoms with Crippen LogP contribution in [0.25, 0.3) is 0 Å². The van der Waals surface area contributed by atoms with Crippen LogP contribution in [-0.4, -0.2) is 37.4 Å². The second-order valence-electron chi connectivity index (χ2n) is 7.06. The lowest BCUT2D eigenvalue weighted by molar-refractivity contribution is 0.238. The molecule has 0 fully saturated rings. The molecule has 1 aromatic carbocycles. The number of aliphatic hydroxyl groups is 1. The first-order chi connectivity index (χ1) is 11.8. The van der Waals surface area contributed by atoms with Gasteiger partial charge < -0.3 is 20.5 Å². The number of rotatable bonds is 10. The van der Waals surface area contributed by atoms with Crippen LogP contribution in [0.1, 0.15) is 52.0 Å². The molecule has 0 aromatic heterocycles. The van der Waals surface area contributed by atoms with E-state index < -0.39 is 0 Å². The Morgan fingerprint density at radius 3 is 2.40 bits per heavy atom. The van der Waals surface area contributed by atoms with Gasteiger partial charge in [-0.25, -0.2) is 4.79 Å². The van der Waals surface area contributed by atoms with Crippen molar-refractivity contribution in [3.8, 4) is 5.75 Å². The van der Waals surface area contributed by atoms with Crippen LogP contribution in [-0.2, 0) is 5.41 Å². The summed E-state index contributed by atoms with van der Waals surface area (Å²) in [7, 11) is 0. The van der Waals surface area contributed by atoms with Crippen LogP contribution in [0.3, 0.4) is 0 Å². The minimum absolute atomic E-state index is 0.108. The maximum absolute atomic E-state index is 11.6. The summed E-state index contributed by atoms with van der Waals surface area (Å²) < 4.78 is 6.72. The van der Waals surface area contributed by atoms with Crippen LogP contribution in [0.4, 0.5) is 4.79 Å². The summed E-state index contributed by atoms with van der Waals surface area (Å²) >= 11 is 3.56. The predicted octanol–water partition coefficient (Wildman–Crippen LogP) is 3.98. The van der Waals surface area contributed by atoms with E-state index >= 15 is 0 Å². The monoisotopic (exact) mass is 414 g/mol. The highest BCUT2D eigenvalue weighted by molar-refractivity contribution is 9.10. The highest BCUT2D eigenvalue weighted by Gasteiger charge is 2.15. The summed E-state index contributed by atoms with van der Waals surface area (Å²) in [6, 6.07) is 6.01. The Kier molecular flexibility index (Phi) is 9.90. The van der Waals surface area contributed by atoms with E-state index in [2.05, 4.69) is 59.5 Å². The summed E-state index contributed by atoms with van der Waals surface area (Å²) in [5, 5.41) is 14.3. The number of nitrogens with one attached hydrogen (secondary N) is 2. The van der Waals surface area contributed by atoms with E-state index in [0.717, 1.165) is 35.9 Å². The van der Waals surface area contributed by atoms with Gasteiger partial charge in [0.15, 0.2) is 0 Å². The first-order valence-electron chi connectivity index (χ1n) is 8.90. The van der Waals surface area contributed by atoms with Gasteiger partial charge >= 0.3 is 6.03 Å². The van der Waals surface area contributed by atoms with Gasteiger partial charge in [-0.1, -0.05) is 26.8 Å². The molecule has 0 unspecified atom stereocenters. The lowest BCUT2D eigenvalue weighted by Crippen LogP contribution is -2.36. The van der Waals surface area contributed by atoms with Crippen molar-refractivity contribution in [1.29, 1.82) is 0 Å². The van der Waals surface area contributed by atoms with Gasteiger partial charge in [-0.2, -0.15) is 0 Å². The molecule has 0 saturated carbocycles. The number of amides is 2. The normalized spacial score (nSPS) is 11.2. The fraction of sp³-hybridized carbons (Fsp3) is 0.632. The molecule has 1 aromatic rings. The van der Waals surface area contributed by atoms with E-state index in [0.29, 0.717) is 19.7 Å². The number of ether oxygens (including phenoxy) is 1. The second kappa shape index (κ2) is 11.4. The van der Waals surface area contributed by atoms with Gasteiger partial charge in [-0.15, -0.1) is 0 Å². The number of urea groups is 1. The molecule has 0 aliphatic heterocycles. The van der Waals surface area contributed by atoms with Crippen LogP contribution in [0.15, 0.2) is 22.7 Å². The molecule has 0 radical (unpaired) electrons. The molecule has 0 aliphatic carbocycles. The van der Waals surface area contributed by atoms with Crippen molar-refractivity contribution in [2.45, 2.75) is 51.9 Å². The minimum atomic E-state index is -0.153. The number of halogens is 1. The van der Waals surface area contributed by atoms with Gasteiger partial charge in [0.1, 0.15) is 5.75 Å². The maximum atomic E-state index is 11.6. The summed E-state index contributed by atoms with van der Waals surface area (Å²) in [5.41, 5.74) is 1.36. The van der Waals surface area contributed by atoms with E-state index in [1.807, 2.05) is 6.07 Å². The van der Waals surface area contributed by atoms with Crippen molar-refractivity contribution in [2.75, 3.05) is 26.3 Å². The van der Waals surface area contributed by atoms with Crippen LogP contribution >= 0.6 is 15.9 Å². The number of aliphatic hydroxyl groups excluding tert-OH is 1. The Hall–Kier alpha value is -1.27. The lowest BCUT2D eigenvalue weighted by Gasteiger charge is -2.20. The molecule has 1 rings (SSSR count). The van der Waals surface area contributed by atoms with Crippen molar-refractivity contribution < 1.29 is 14.6 Å². The Morgan fingerprint density at radius 2 is 1.80 bits per heavy atom. The lowest BCUT2D eigenvalue weighted by atomic mass is 9.87. The van der Waals surface area contributed by atoms with Crippen LogP contribution in [0.5, 0.6) is 5.75 Å². The third kappa shape index (κ3) is 9.12. The molecule has 0 spiro atoms. The van der Waals surface area contributed by atoms with Gasteiger partial charge in [0.05, 0.1) is 11.1 Å². The highest BCUT2D eigenvalue weighted by Crippen LogP contribution is 2.31. The van der Waals surface area contributed by atoms with Gasteiger partial charge in [-0.05, 0) is 64.7 Å². The molecule has 0 saturated heterocycles. The van der Waals surface area contributed by atoms with E-state index in [1.54, 1.807) is 0 Å². The summed E-state index contributed by atoms with van der Waals surface area (Å²) in [4.78, 5) is 11.6. The molecule has 5 nitrogen and oxygen atoms in total. The SMILES string of the molecule is CC(C)(C)c1ccc(OCCCNC(=O)NCCCCCO)c(Br)c1. The van der Waals surface area contributed by atoms with Gasteiger partial charge in [-0.3, -0.25) is 0 Å². The largest absolute Gasteiger partial charge is 0.492 e. The summed E-state index contributed by atoms with van der Waals surface area (Å²) in [6.45, 7) is 8.50. The third-order valence-corrected chi connectivity index (χ3v) is 4.40. The number of hydrogen-bond acceptors (Lipinski definition) is 3. The zero-order valence-corrected chi connectivity index (χ0v) is 17.1. The van der Waals surface area contributed by atoms with E-state index in [1.165, 1.54) is 5.56 Å². The topological polar surface area (TPSA) is 70.6 Å². The Bertz CT molecular complexity index is 530. The number of carbonyl (C=O) groups is 1. The van der Waals surface area contributed by atoms with Gasteiger partial charge in [0, 0.05) is 19.7 Å². The molecule has 142 valence electrons. The maximum Gasteiger partial charge on any atom is 0.314 e. The van der Waals surface area contributed by atoms with Crippen molar-refractivity contribution in [1.82, 2.24) is 10.6 Å². The zero-order chi connectivity index (χ0) is 18.7. The molecule has 2 amide bonds. The molecule has 6 heteroatoms. The number of benzene rings is 1. The predicted molar refractivity (Wildman–Crippen MR) is 105 cm³/mol. The second-order valence-corrected chi connectivity index (χ2v) is 7.92. The molecular formula is C19H31BrN2O3. The molecule has 3 N–H and O–H groups in total. The van der Waals surface area contributed by atoms with Gasteiger partial charge in [0.2, 0.25) is 0 Å². The smallest absolute Gasteiger partial charge is 0.314 e. The average Bonchev–Trinajstić information content (AvgIpc) is 2.54. The van der Waals surface area contributed by atoms with Crippen molar-refractivity contribution in [3.63, 3.8) is 0 Å². The van der Waals surface area contributed by atoms with Crippen LogP contribution < -0.4 is 15.4 Å². The van der Waals surface area contributed by atoms with Crippen LogP contribution in [0.2, 0.25) is 0 Å². The Balaban J connectivity index is 2.18. The van der Waals surface area contributed by atoms with Gasteiger partial charge in [0.25, 0.3) is 0 Å². The van der Waals surface area contributed by atoms with Crippen molar-refractivity contribution >= 4 is 22.0 Å². The average molecular weight is 415 g/mol. The summed E-state index contributed by atoms with van der Waals surface area (Å²) in [5.74, 6) is 0.821. The molecule has 0 heterocycles. The number of hydrogen-bond donors (Lipinski definition) is 3. The standard InChI is InChI=1S/C19H31BrN2O3/c1-19(2,3)15-8-9-17(16(20)14-15)25-13-7-11-22-18(24)21-10-5-4-6-12-23/h8-9,14,23H,4-7,10-13H2,1-3H3,(H2,21,22,24). The molecule has 0 aliphatic rings. The Labute approximate surface area is 159 Å². The number of carbonyl (C=O) groups excluding carboxylic acids is 1. The Morgan fingerprint density at radius 1 is 1.12 bits per heavy atom. The summed E-state index contributed by atoms with van der Waals surface area (Å²) in [6.07, 6.45) is 3.33. The molecule has 25 heavy (non-hydrogen) atoms.